The summed E-state index contributed by atoms with van der Waals surface area (Å²) in [7, 11) is 2.03. The second-order valence-corrected chi connectivity index (χ2v) is 6.86. The molecule has 0 saturated carbocycles. The highest BCUT2D eigenvalue weighted by atomic mass is 127. The van der Waals surface area contributed by atoms with Crippen LogP contribution in [0.1, 0.15) is 36.6 Å². The molecule has 0 aromatic heterocycles. The van der Waals surface area contributed by atoms with Gasteiger partial charge in [-0.05, 0) is 70.8 Å². The Morgan fingerprint density at radius 1 is 1.00 bits per heavy atom. The molecule has 1 unspecified atom stereocenters. The Labute approximate surface area is 135 Å². The largest absolute Gasteiger partial charge is 0.309 e. The summed E-state index contributed by atoms with van der Waals surface area (Å²) >= 11 is 2.34. The second-order valence-electron chi connectivity index (χ2n) is 5.62. The van der Waals surface area contributed by atoms with Gasteiger partial charge in [0.05, 0.1) is 6.04 Å². The van der Waals surface area contributed by atoms with E-state index in [1.54, 1.807) is 0 Å². The SMILES string of the molecule is CNC(c1ccc(I)cc1)c1cccc(CC(C)C)c1. The van der Waals surface area contributed by atoms with Crippen molar-refractivity contribution < 1.29 is 0 Å². The van der Waals surface area contributed by atoms with E-state index in [1.165, 1.54) is 20.3 Å². The zero-order chi connectivity index (χ0) is 14.5. The molecule has 0 bridgehead atoms. The molecule has 1 atom stereocenters. The Hall–Kier alpha value is -0.870. The van der Waals surface area contributed by atoms with Crippen LogP contribution in [0.2, 0.25) is 0 Å². The molecule has 0 radical (unpaired) electrons. The molecule has 0 amide bonds. The third kappa shape index (κ3) is 4.06. The summed E-state index contributed by atoms with van der Waals surface area (Å²) in [5.74, 6) is 0.691. The summed E-state index contributed by atoms with van der Waals surface area (Å²) in [6.45, 7) is 4.53. The maximum atomic E-state index is 3.43. The van der Waals surface area contributed by atoms with Gasteiger partial charge in [0, 0.05) is 3.57 Å². The average Bonchev–Trinajstić information content (AvgIpc) is 2.41. The molecule has 0 fully saturated rings. The molecule has 2 heteroatoms. The van der Waals surface area contributed by atoms with Crippen molar-refractivity contribution in [1.82, 2.24) is 5.32 Å². The molecule has 0 aliphatic rings. The summed E-state index contributed by atoms with van der Waals surface area (Å²) in [4.78, 5) is 0. The van der Waals surface area contributed by atoms with E-state index in [1.807, 2.05) is 7.05 Å². The molecule has 106 valence electrons. The van der Waals surface area contributed by atoms with Gasteiger partial charge in [-0.2, -0.15) is 0 Å². The first-order valence-corrected chi connectivity index (χ1v) is 8.19. The van der Waals surface area contributed by atoms with Crippen molar-refractivity contribution in [3.8, 4) is 0 Å². The van der Waals surface area contributed by atoms with Crippen LogP contribution < -0.4 is 5.32 Å². The van der Waals surface area contributed by atoms with Crippen LogP contribution >= 0.6 is 22.6 Å². The van der Waals surface area contributed by atoms with Gasteiger partial charge in [-0.25, -0.2) is 0 Å². The van der Waals surface area contributed by atoms with Gasteiger partial charge in [-0.1, -0.05) is 50.2 Å². The van der Waals surface area contributed by atoms with Crippen LogP contribution in [-0.4, -0.2) is 7.05 Å². The van der Waals surface area contributed by atoms with Crippen molar-refractivity contribution in [2.45, 2.75) is 26.3 Å². The first-order chi connectivity index (χ1) is 9.60. The molecule has 2 aromatic rings. The van der Waals surface area contributed by atoms with Gasteiger partial charge in [0.25, 0.3) is 0 Å². The van der Waals surface area contributed by atoms with Crippen LogP contribution in [0, 0.1) is 9.49 Å². The first-order valence-electron chi connectivity index (χ1n) is 7.11. The molecule has 2 rings (SSSR count). The van der Waals surface area contributed by atoms with Gasteiger partial charge < -0.3 is 5.32 Å². The van der Waals surface area contributed by atoms with Crippen molar-refractivity contribution in [1.29, 1.82) is 0 Å². The van der Waals surface area contributed by atoms with Gasteiger partial charge in [0.15, 0.2) is 0 Å². The second kappa shape index (κ2) is 7.23. The molecule has 1 N–H and O–H groups in total. The molecule has 0 aliphatic heterocycles. The predicted octanol–water partition coefficient (Wildman–Crippen LogP) is 4.80. The van der Waals surface area contributed by atoms with Crippen LogP contribution in [0.3, 0.4) is 0 Å². The van der Waals surface area contributed by atoms with Crippen molar-refractivity contribution in [3.05, 3.63) is 68.8 Å². The molecule has 2 aromatic carbocycles. The van der Waals surface area contributed by atoms with Gasteiger partial charge in [-0.15, -0.1) is 0 Å². The lowest BCUT2D eigenvalue weighted by molar-refractivity contribution is 0.643. The first kappa shape index (κ1) is 15.5. The Balaban J connectivity index is 2.29. The Morgan fingerprint density at radius 3 is 2.30 bits per heavy atom. The topological polar surface area (TPSA) is 12.0 Å². The summed E-state index contributed by atoms with van der Waals surface area (Å²) in [5.41, 5.74) is 4.07. The van der Waals surface area contributed by atoms with Crippen molar-refractivity contribution in [3.63, 3.8) is 0 Å². The van der Waals surface area contributed by atoms with E-state index < -0.39 is 0 Å². The van der Waals surface area contributed by atoms with E-state index >= 15 is 0 Å². The zero-order valence-electron chi connectivity index (χ0n) is 12.4. The van der Waals surface area contributed by atoms with Gasteiger partial charge >= 0.3 is 0 Å². The highest BCUT2D eigenvalue weighted by molar-refractivity contribution is 14.1. The molecule has 0 heterocycles. The minimum absolute atomic E-state index is 0.263. The van der Waals surface area contributed by atoms with Crippen LogP contribution in [0.25, 0.3) is 0 Å². The van der Waals surface area contributed by atoms with Crippen LogP contribution in [0.5, 0.6) is 0 Å². The van der Waals surface area contributed by atoms with Crippen molar-refractivity contribution in [2.24, 2.45) is 5.92 Å². The zero-order valence-corrected chi connectivity index (χ0v) is 14.5. The van der Waals surface area contributed by atoms with Gasteiger partial charge in [0.2, 0.25) is 0 Å². The molecular formula is C18H22IN. The number of hydrogen-bond donors (Lipinski definition) is 1. The van der Waals surface area contributed by atoms with Gasteiger partial charge in [0.1, 0.15) is 0 Å². The maximum absolute atomic E-state index is 3.43. The summed E-state index contributed by atoms with van der Waals surface area (Å²) in [5, 5.41) is 3.43. The van der Waals surface area contributed by atoms with Crippen LogP contribution in [-0.2, 0) is 6.42 Å². The minimum Gasteiger partial charge on any atom is -0.309 e. The Bertz CT molecular complexity index is 546. The predicted molar refractivity (Wildman–Crippen MR) is 95.0 cm³/mol. The molecule has 1 nitrogen and oxygen atoms in total. The number of nitrogens with one attached hydrogen (secondary N) is 1. The molecule has 20 heavy (non-hydrogen) atoms. The third-order valence-corrected chi connectivity index (χ3v) is 4.14. The monoisotopic (exact) mass is 379 g/mol. The van der Waals surface area contributed by atoms with E-state index in [2.05, 4.69) is 90.3 Å². The lowest BCUT2D eigenvalue weighted by Crippen LogP contribution is -2.17. The number of rotatable bonds is 5. The normalized spacial score (nSPS) is 12.7. The standard InChI is InChI=1S/C18H22IN/c1-13(2)11-14-5-4-6-16(12-14)18(20-3)15-7-9-17(19)10-8-15/h4-10,12-13,18,20H,11H2,1-3H3. The molecule has 0 spiro atoms. The van der Waals surface area contributed by atoms with E-state index in [0.29, 0.717) is 5.92 Å². The molecule has 0 saturated heterocycles. The average molecular weight is 379 g/mol. The maximum Gasteiger partial charge on any atom is 0.0574 e. The quantitative estimate of drug-likeness (QED) is 0.736. The Morgan fingerprint density at radius 2 is 1.70 bits per heavy atom. The minimum atomic E-state index is 0.263. The fraction of sp³-hybridized carbons (Fsp3) is 0.333. The summed E-state index contributed by atoms with van der Waals surface area (Å²) in [6.07, 6.45) is 1.14. The van der Waals surface area contributed by atoms with E-state index in [4.69, 9.17) is 0 Å². The van der Waals surface area contributed by atoms with Crippen molar-refractivity contribution >= 4 is 22.6 Å². The number of halogens is 1. The van der Waals surface area contributed by atoms with E-state index in [0.717, 1.165) is 6.42 Å². The number of hydrogen-bond acceptors (Lipinski definition) is 1. The number of benzene rings is 2. The molecular weight excluding hydrogens is 357 g/mol. The smallest absolute Gasteiger partial charge is 0.0574 e. The fourth-order valence-electron chi connectivity index (χ4n) is 2.55. The Kier molecular flexibility index (Phi) is 5.61. The summed E-state index contributed by atoms with van der Waals surface area (Å²) in [6, 6.07) is 17.9. The lowest BCUT2D eigenvalue weighted by Gasteiger charge is -2.18. The van der Waals surface area contributed by atoms with E-state index in [-0.39, 0.29) is 6.04 Å². The third-order valence-electron chi connectivity index (χ3n) is 3.42. The van der Waals surface area contributed by atoms with Crippen LogP contribution in [0.4, 0.5) is 0 Å². The van der Waals surface area contributed by atoms with E-state index in [9.17, 15) is 0 Å². The fourth-order valence-corrected chi connectivity index (χ4v) is 2.91. The van der Waals surface area contributed by atoms with Gasteiger partial charge in [-0.3, -0.25) is 0 Å². The van der Waals surface area contributed by atoms with Crippen LogP contribution in [0.15, 0.2) is 48.5 Å². The highest BCUT2D eigenvalue weighted by Gasteiger charge is 2.12. The molecule has 0 aliphatic carbocycles. The summed E-state index contributed by atoms with van der Waals surface area (Å²) < 4.78 is 1.27. The van der Waals surface area contributed by atoms with Crippen molar-refractivity contribution in [2.75, 3.05) is 7.05 Å². The highest BCUT2D eigenvalue weighted by Crippen LogP contribution is 2.24. The lowest BCUT2D eigenvalue weighted by atomic mass is 9.95.